The van der Waals surface area contributed by atoms with E-state index in [-0.39, 0.29) is 12.0 Å². The number of carbonyl (C=O) groups excluding carboxylic acids is 2. The molecule has 6 N–H and O–H groups in total. The number of aromatic nitrogens is 2. The SMILES string of the molecule is CC1C/C(=C\NC(=O)OC(C)(C)CCC2CC(NC(=O)OC(C)(C)C)CC(c3ccncc3N)C2)CC(c2ccncc2N)C1. The second kappa shape index (κ2) is 14.5. The number of amides is 2. The van der Waals surface area contributed by atoms with E-state index in [1.807, 2.05) is 53.0 Å². The highest BCUT2D eigenvalue weighted by Gasteiger charge is 2.34. The van der Waals surface area contributed by atoms with Crippen LogP contribution in [0, 0.1) is 11.8 Å². The molecular weight excluding hydrogens is 568 g/mol. The summed E-state index contributed by atoms with van der Waals surface area (Å²) in [7, 11) is 0. The molecule has 246 valence electrons. The Morgan fingerprint density at radius 3 is 2.16 bits per heavy atom. The number of hydrogen-bond donors (Lipinski definition) is 4. The second-order valence-electron chi connectivity index (χ2n) is 14.7. The molecule has 10 nitrogen and oxygen atoms in total. The van der Waals surface area contributed by atoms with Crippen molar-refractivity contribution in [1.29, 1.82) is 0 Å². The molecule has 4 rings (SSSR count). The van der Waals surface area contributed by atoms with Crippen LogP contribution in [0.3, 0.4) is 0 Å². The van der Waals surface area contributed by atoms with Crippen molar-refractivity contribution in [3.63, 3.8) is 0 Å². The Labute approximate surface area is 268 Å². The van der Waals surface area contributed by atoms with Crippen LogP contribution in [0.1, 0.15) is 116 Å². The molecule has 2 aromatic heterocycles. The quantitative estimate of drug-likeness (QED) is 0.242. The fourth-order valence-corrected chi connectivity index (χ4v) is 7.00. The van der Waals surface area contributed by atoms with Gasteiger partial charge in [0.1, 0.15) is 11.2 Å². The smallest absolute Gasteiger partial charge is 0.411 e. The maximum Gasteiger partial charge on any atom is 0.411 e. The van der Waals surface area contributed by atoms with E-state index in [1.54, 1.807) is 24.8 Å². The molecule has 0 bridgehead atoms. The lowest BCUT2D eigenvalue weighted by atomic mass is 9.73. The molecule has 2 amide bonds. The Morgan fingerprint density at radius 2 is 1.53 bits per heavy atom. The van der Waals surface area contributed by atoms with E-state index in [9.17, 15) is 9.59 Å². The molecule has 2 heterocycles. The van der Waals surface area contributed by atoms with Crippen LogP contribution >= 0.6 is 0 Å². The summed E-state index contributed by atoms with van der Waals surface area (Å²) in [5.74, 6) is 1.25. The monoisotopic (exact) mass is 620 g/mol. The van der Waals surface area contributed by atoms with Crippen molar-refractivity contribution in [2.24, 2.45) is 11.8 Å². The number of ether oxygens (including phenoxy) is 2. The maximum absolute atomic E-state index is 12.9. The molecule has 2 fully saturated rings. The summed E-state index contributed by atoms with van der Waals surface area (Å²) in [6, 6.07) is 3.91. The van der Waals surface area contributed by atoms with Crippen LogP contribution in [0.15, 0.2) is 48.7 Å². The summed E-state index contributed by atoms with van der Waals surface area (Å²) < 4.78 is 11.5. The average Bonchev–Trinajstić information content (AvgIpc) is 2.94. The van der Waals surface area contributed by atoms with Crippen LogP contribution in [0.2, 0.25) is 0 Å². The lowest BCUT2D eigenvalue weighted by molar-refractivity contribution is 0.0265. The first-order valence-electron chi connectivity index (χ1n) is 16.2. The first-order chi connectivity index (χ1) is 21.2. The minimum absolute atomic E-state index is 0.0562. The van der Waals surface area contributed by atoms with E-state index in [4.69, 9.17) is 20.9 Å². The van der Waals surface area contributed by atoms with Gasteiger partial charge in [-0.05, 0) is 133 Å². The summed E-state index contributed by atoms with van der Waals surface area (Å²) in [6.45, 7) is 11.7. The molecule has 45 heavy (non-hydrogen) atoms. The molecule has 0 aliphatic heterocycles. The van der Waals surface area contributed by atoms with Crippen molar-refractivity contribution in [1.82, 2.24) is 20.6 Å². The van der Waals surface area contributed by atoms with Crippen molar-refractivity contribution in [3.8, 4) is 0 Å². The van der Waals surface area contributed by atoms with Gasteiger partial charge >= 0.3 is 12.2 Å². The van der Waals surface area contributed by atoms with E-state index in [0.29, 0.717) is 35.5 Å². The number of allylic oxidation sites excluding steroid dienone is 1. The number of nitrogens with zero attached hydrogens (tertiary/aromatic N) is 2. The average molecular weight is 621 g/mol. The van der Waals surface area contributed by atoms with Gasteiger partial charge in [0.25, 0.3) is 0 Å². The predicted molar refractivity (Wildman–Crippen MR) is 177 cm³/mol. The van der Waals surface area contributed by atoms with Crippen molar-refractivity contribution in [2.75, 3.05) is 11.5 Å². The summed E-state index contributed by atoms with van der Waals surface area (Å²) in [4.78, 5) is 33.8. The number of rotatable bonds is 8. The third-order valence-electron chi connectivity index (χ3n) is 8.90. The minimum Gasteiger partial charge on any atom is -0.444 e. The molecule has 2 aromatic rings. The fraction of sp³-hybridized carbons (Fsp3) is 0.600. The number of carbonyl (C=O) groups is 2. The zero-order chi connectivity index (χ0) is 32.8. The van der Waals surface area contributed by atoms with Crippen LogP contribution in [0.4, 0.5) is 21.0 Å². The van der Waals surface area contributed by atoms with Gasteiger partial charge in [0, 0.05) is 24.6 Å². The van der Waals surface area contributed by atoms with Gasteiger partial charge in [-0.3, -0.25) is 15.3 Å². The summed E-state index contributed by atoms with van der Waals surface area (Å²) >= 11 is 0. The Bertz CT molecular complexity index is 1350. The maximum atomic E-state index is 12.9. The van der Waals surface area contributed by atoms with Crippen molar-refractivity contribution in [2.45, 2.75) is 122 Å². The lowest BCUT2D eigenvalue weighted by Crippen LogP contribution is -2.43. The van der Waals surface area contributed by atoms with Crippen LogP contribution in [-0.2, 0) is 9.47 Å². The Morgan fingerprint density at radius 1 is 0.889 bits per heavy atom. The zero-order valence-corrected chi connectivity index (χ0v) is 27.8. The highest BCUT2D eigenvalue weighted by molar-refractivity contribution is 5.69. The molecular formula is C35H52N6O4. The molecule has 0 spiro atoms. The van der Waals surface area contributed by atoms with Gasteiger partial charge in [-0.25, -0.2) is 9.59 Å². The highest BCUT2D eigenvalue weighted by atomic mass is 16.6. The molecule has 10 heteroatoms. The fourth-order valence-electron chi connectivity index (χ4n) is 7.00. The third kappa shape index (κ3) is 10.4. The standard InChI is InChI=1S/C35H52N6O4/c1-22-13-24(16-25(14-22)28-8-11-38-20-30(28)36)19-40-32(42)45-35(5,6)10-7-23-15-26(29-9-12-39-21-31(29)37)18-27(17-23)41-33(43)44-34(2,3)4/h8-9,11-12,19-23,25-27H,7,10,13-18,36-37H2,1-6H3,(H,40,42)(H,41,43)/b24-19+. The summed E-state index contributed by atoms with van der Waals surface area (Å²) in [5.41, 5.74) is 16.0. The number of nitrogen functional groups attached to an aromatic ring is 2. The van der Waals surface area contributed by atoms with Gasteiger partial charge < -0.3 is 26.3 Å². The minimum atomic E-state index is -0.673. The zero-order valence-electron chi connectivity index (χ0n) is 27.8. The van der Waals surface area contributed by atoms with Crippen molar-refractivity contribution >= 4 is 23.6 Å². The first kappa shape index (κ1) is 34.1. The van der Waals surface area contributed by atoms with Gasteiger partial charge in [-0.2, -0.15) is 0 Å². The normalized spacial score (nSPS) is 24.9. The van der Waals surface area contributed by atoms with Gasteiger partial charge in [0.2, 0.25) is 0 Å². The van der Waals surface area contributed by atoms with E-state index < -0.39 is 23.4 Å². The number of nitrogens with one attached hydrogen (secondary N) is 2. The van der Waals surface area contributed by atoms with E-state index in [0.717, 1.165) is 56.1 Å². The Kier molecular flexibility index (Phi) is 11.0. The molecule has 2 aliphatic rings. The molecule has 0 saturated heterocycles. The van der Waals surface area contributed by atoms with Gasteiger partial charge in [-0.1, -0.05) is 12.5 Å². The molecule has 5 atom stereocenters. The summed E-state index contributed by atoms with van der Waals surface area (Å²) in [5, 5.41) is 5.98. The molecule has 2 aliphatic carbocycles. The topological polar surface area (TPSA) is 154 Å². The number of nitrogens with two attached hydrogens (primary N) is 2. The summed E-state index contributed by atoms with van der Waals surface area (Å²) in [6.07, 6.45) is 14.7. The van der Waals surface area contributed by atoms with Crippen molar-refractivity contribution < 1.29 is 19.1 Å². The number of alkyl carbamates (subject to hydrolysis) is 2. The van der Waals surface area contributed by atoms with Crippen LogP contribution in [0.25, 0.3) is 0 Å². The molecule has 5 unspecified atom stereocenters. The van der Waals surface area contributed by atoms with E-state index in [1.165, 1.54) is 5.57 Å². The van der Waals surface area contributed by atoms with Gasteiger partial charge in [-0.15, -0.1) is 0 Å². The molecule has 2 saturated carbocycles. The largest absolute Gasteiger partial charge is 0.444 e. The number of hydrogen-bond acceptors (Lipinski definition) is 8. The number of pyridine rings is 2. The van der Waals surface area contributed by atoms with Gasteiger partial charge in [0.05, 0.1) is 23.8 Å². The molecule has 0 aromatic carbocycles. The third-order valence-corrected chi connectivity index (χ3v) is 8.90. The predicted octanol–water partition coefficient (Wildman–Crippen LogP) is 7.19. The highest BCUT2D eigenvalue weighted by Crippen LogP contribution is 2.42. The van der Waals surface area contributed by atoms with Crippen molar-refractivity contribution in [3.05, 3.63) is 59.8 Å². The Hall–Kier alpha value is -3.82. The molecule has 0 radical (unpaired) electrons. The number of anilines is 2. The van der Waals surface area contributed by atoms with E-state index >= 15 is 0 Å². The second-order valence-corrected chi connectivity index (χ2v) is 14.7. The Balaban J connectivity index is 1.34. The van der Waals surface area contributed by atoms with Gasteiger partial charge in [0.15, 0.2) is 0 Å². The van der Waals surface area contributed by atoms with Crippen LogP contribution in [-0.4, -0.2) is 39.4 Å². The first-order valence-corrected chi connectivity index (χ1v) is 16.2. The van der Waals surface area contributed by atoms with Crippen LogP contribution in [0.5, 0.6) is 0 Å². The van der Waals surface area contributed by atoms with E-state index in [2.05, 4.69) is 27.5 Å². The lowest BCUT2D eigenvalue weighted by Gasteiger charge is -2.37. The van der Waals surface area contributed by atoms with Crippen LogP contribution < -0.4 is 22.1 Å².